The third-order valence-corrected chi connectivity index (χ3v) is 10.2. The summed E-state index contributed by atoms with van der Waals surface area (Å²) < 4.78 is 21.9. The average molecular weight is 749 g/mol. The first-order valence-electron chi connectivity index (χ1n) is 18.1. The van der Waals surface area contributed by atoms with E-state index in [1.54, 1.807) is 36.4 Å². The number of phenols is 4. The smallest absolute Gasteiger partial charge is 0.189 e. The van der Waals surface area contributed by atoms with Gasteiger partial charge >= 0.3 is 0 Å². The fraction of sp³-hybridized carbons (Fsp3) is 0.182. The molecule has 1 aliphatic carbocycles. The number of hydrogen-bond donors (Lipinski definition) is 4. The number of para-hydroxylation sites is 2. The number of phenolic OH excluding ortho intramolecular Hbond substituents is 4. The van der Waals surface area contributed by atoms with E-state index in [0.717, 1.165) is 22.6 Å². The molecule has 3 aliphatic rings. The zero-order valence-electron chi connectivity index (χ0n) is 30.1. The number of benzene rings is 6. The second kappa shape index (κ2) is 14.8. The molecule has 6 aromatic carbocycles. The van der Waals surface area contributed by atoms with E-state index in [9.17, 15) is 20.4 Å². The van der Waals surface area contributed by atoms with Crippen LogP contribution < -0.4 is 9.47 Å². The third kappa shape index (κ3) is 7.10. The topological polar surface area (TPSA) is 167 Å². The molecule has 0 fully saturated rings. The maximum atomic E-state index is 11.8. The Hall–Kier alpha value is -6.76. The standard InChI is InChI=1S/C44H36N4O8/c49-41-25-3-1-5-27(41)12-29-15-37(47-45-35-7-9-39-33(19-35)21-53-23-55-39)17-31(43(29)51)14-32-18-38(48-46-36-8-10-40-34(20-36)22-54-24-56-40)16-30(44(32)52)13-28-6-2-4-26(11-25)42(28)50/h1-10,15-20,49-52H,11-14,21-24H2. The number of ether oxygens (including phenoxy) is 4. The Labute approximate surface area is 321 Å². The summed E-state index contributed by atoms with van der Waals surface area (Å²) in [7, 11) is 0. The average Bonchev–Trinajstić information content (AvgIpc) is 3.21. The maximum absolute atomic E-state index is 11.8. The van der Waals surface area contributed by atoms with E-state index >= 15 is 0 Å². The number of fused-ring (bicyclic) bond motifs is 10. The van der Waals surface area contributed by atoms with E-state index in [1.807, 2.05) is 60.7 Å². The van der Waals surface area contributed by atoms with Crippen molar-refractivity contribution in [1.82, 2.24) is 0 Å². The Morgan fingerprint density at radius 3 is 1.09 bits per heavy atom. The summed E-state index contributed by atoms with van der Waals surface area (Å²) in [4.78, 5) is 0. The molecule has 56 heavy (non-hydrogen) atoms. The number of azo groups is 2. The van der Waals surface area contributed by atoms with Crippen molar-refractivity contribution < 1.29 is 39.4 Å². The molecule has 0 spiro atoms. The maximum Gasteiger partial charge on any atom is 0.189 e. The van der Waals surface area contributed by atoms with Gasteiger partial charge in [0, 0.05) is 59.1 Å². The van der Waals surface area contributed by atoms with Crippen LogP contribution in [0.4, 0.5) is 22.7 Å². The Balaban J connectivity index is 1.16. The van der Waals surface area contributed by atoms with Crippen LogP contribution in [0.1, 0.15) is 55.6 Å². The first kappa shape index (κ1) is 35.0. The lowest BCUT2D eigenvalue weighted by Crippen LogP contribution is -2.10. The lowest BCUT2D eigenvalue weighted by atomic mass is 9.91. The minimum atomic E-state index is -0.00161. The number of aromatic hydroxyl groups is 4. The molecule has 2 heterocycles. The molecular weight excluding hydrogens is 713 g/mol. The number of hydrogen-bond acceptors (Lipinski definition) is 12. The van der Waals surface area contributed by atoms with Gasteiger partial charge in [0.25, 0.3) is 0 Å². The lowest BCUT2D eigenvalue weighted by Gasteiger charge is -2.18. The molecule has 0 aromatic heterocycles. The molecule has 0 amide bonds. The molecular formula is C44H36N4O8. The number of rotatable bonds is 4. The van der Waals surface area contributed by atoms with E-state index in [-0.39, 0.29) is 62.3 Å². The summed E-state index contributed by atoms with van der Waals surface area (Å²) in [5.74, 6) is 1.62. The van der Waals surface area contributed by atoms with Gasteiger partial charge in [-0.25, -0.2) is 0 Å². The Bertz CT molecular complexity index is 2390. The molecule has 0 atom stereocenters. The highest BCUT2D eigenvalue weighted by Gasteiger charge is 2.21. The van der Waals surface area contributed by atoms with Gasteiger partial charge in [0.15, 0.2) is 13.6 Å². The van der Waals surface area contributed by atoms with Crippen molar-refractivity contribution in [1.29, 1.82) is 0 Å². The molecule has 8 bridgehead atoms. The van der Waals surface area contributed by atoms with Crippen molar-refractivity contribution in [3.63, 3.8) is 0 Å². The normalized spacial score (nSPS) is 14.9. The molecule has 0 saturated carbocycles. The third-order valence-electron chi connectivity index (χ3n) is 10.2. The molecule has 6 aromatic rings. The summed E-state index contributed by atoms with van der Waals surface area (Å²) in [5, 5.41) is 64.8. The van der Waals surface area contributed by atoms with E-state index in [2.05, 4.69) is 20.5 Å². The van der Waals surface area contributed by atoms with Crippen molar-refractivity contribution in [2.75, 3.05) is 13.6 Å². The van der Waals surface area contributed by atoms with Crippen molar-refractivity contribution in [3.8, 4) is 34.5 Å². The summed E-state index contributed by atoms with van der Waals surface area (Å²) in [6.07, 6.45) is 0.682. The van der Waals surface area contributed by atoms with Gasteiger partial charge < -0.3 is 39.4 Å². The van der Waals surface area contributed by atoms with Crippen molar-refractivity contribution in [2.45, 2.75) is 38.9 Å². The van der Waals surface area contributed by atoms with Crippen LogP contribution in [-0.2, 0) is 48.4 Å². The van der Waals surface area contributed by atoms with E-state index in [1.165, 1.54) is 0 Å². The number of nitrogens with zero attached hydrogens (tertiary/aromatic N) is 4. The molecule has 4 N–H and O–H groups in total. The van der Waals surface area contributed by atoms with Gasteiger partial charge in [-0.05, 0) is 82.9 Å². The minimum Gasteiger partial charge on any atom is -0.507 e. The van der Waals surface area contributed by atoms with Gasteiger partial charge in [-0.15, -0.1) is 0 Å². The van der Waals surface area contributed by atoms with Crippen LogP contribution in [0.5, 0.6) is 34.5 Å². The van der Waals surface area contributed by atoms with Gasteiger partial charge in [0.05, 0.1) is 36.0 Å². The summed E-state index contributed by atoms with van der Waals surface area (Å²) in [6.45, 7) is 1.20. The van der Waals surface area contributed by atoms with Gasteiger partial charge in [-0.2, -0.15) is 20.5 Å². The Morgan fingerprint density at radius 2 is 0.679 bits per heavy atom. The van der Waals surface area contributed by atoms with Crippen LogP contribution in [0.25, 0.3) is 0 Å². The van der Waals surface area contributed by atoms with Crippen molar-refractivity contribution >= 4 is 22.7 Å². The lowest BCUT2D eigenvalue weighted by molar-refractivity contribution is -0.0164. The van der Waals surface area contributed by atoms with Crippen molar-refractivity contribution in [3.05, 3.63) is 153 Å². The van der Waals surface area contributed by atoms with Crippen LogP contribution in [0.15, 0.2) is 118 Å². The first-order chi connectivity index (χ1) is 27.3. The molecule has 0 saturated heterocycles. The van der Waals surface area contributed by atoms with E-state index in [4.69, 9.17) is 18.9 Å². The minimum absolute atomic E-state index is 0.00161. The quantitative estimate of drug-likeness (QED) is 0.129. The summed E-state index contributed by atoms with van der Waals surface area (Å²) in [5.41, 5.74) is 8.20. The monoisotopic (exact) mass is 748 g/mol. The molecule has 12 nitrogen and oxygen atoms in total. The summed E-state index contributed by atoms with van der Waals surface area (Å²) in [6, 6.07) is 28.9. The van der Waals surface area contributed by atoms with Crippen molar-refractivity contribution in [2.24, 2.45) is 20.5 Å². The fourth-order valence-electron chi connectivity index (χ4n) is 7.33. The Kier molecular flexibility index (Phi) is 9.25. The van der Waals surface area contributed by atoms with E-state index < -0.39 is 0 Å². The largest absolute Gasteiger partial charge is 0.507 e. The molecule has 0 radical (unpaired) electrons. The van der Waals surface area contributed by atoms with Gasteiger partial charge in [-0.1, -0.05) is 36.4 Å². The van der Waals surface area contributed by atoms with Crippen LogP contribution in [0, 0.1) is 0 Å². The van der Waals surface area contributed by atoms with Crippen LogP contribution in [0.3, 0.4) is 0 Å². The van der Waals surface area contributed by atoms with Crippen LogP contribution >= 0.6 is 0 Å². The highest BCUT2D eigenvalue weighted by atomic mass is 16.7. The van der Waals surface area contributed by atoms with Gasteiger partial charge in [0.2, 0.25) is 0 Å². The second-order valence-electron chi connectivity index (χ2n) is 14.0. The SMILES string of the molecule is Oc1c2cccc1Cc1cc(N=Nc3ccc4c(c3)COCO4)cc(c1O)Cc1cc(N=Nc3ccc4c(c3)COCO4)cc(c1O)Cc1cccc(c1O)C2. The van der Waals surface area contributed by atoms with E-state index in [0.29, 0.717) is 80.5 Å². The zero-order chi connectivity index (χ0) is 38.2. The molecule has 0 unspecified atom stereocenters. The second-order valence-corrected chi connectivity index (χ2v) is 14.0. The molecule has 12 heteroatoms. The Morgan fingerprint density at radius 1 is 0.357 bits per heavy atom. The van der Waals surface area contributed by atoms with Crippen LogP contribution in [0.2, 0.25) is 0 Å². The predicted molar refractivity (Wildman–Crippen MR) is 205 cm³/mol. The summed E-state index contributed by atoms with van der Waals surface area (Å²) >= 11 is 0. The molecule has 2 aliphatic heterocycles. The fourth-order valence-corrected chi connectivity index (χ4v) is 7.33. The highest BCUT2D eigenvalue weighted by molar-refractivity contribution is 5.61. The van der Waals surface area contributed by atoms with Crippen LogP contribution in [-0.4, -0.2) is 34.0 Å². The first-order valence-corrected chi connectivity index (χ1v) is 18.1. The molecule has 280 valence electrons. The van der Waals surface area contributed by atoms with Gasteiger partial charge in [-0.3, -0.25) is 0 Å². The highest BCUT2D eigenvalue weighted by Crippen LogP contribution is 2.41. The van der Waals surface area contributed by atoms with Gasteiger partial charge in [0.1, 0.15) is 34.5 Å². The predicted octanol–water partition coefficient (Wildman–Crippen LogP) is 9.75. The molecule has 9 rings (SSSR count). The zero-order valence-corrected chi connectivity index (χ0v) is 30.1.